The Morgan fingerprint density at radius 3 is 2.31 bits per heavy atom. The van der Waals surface area contributed by atoms with Crippen LogP contribution in [0, 0.1) is 5.92 Å². The summed E-state index contributed by atoms with van der Waals surface area (Å²) in [5.74, 6) is 0.633. The van der Waals surface area contributed by atoms with Crippen LogP contribution in [0.5, 0.6) is 0 Å². The van der Waals surface area contributed by atoms with Gasteiger partial charge < -0.3 is 14.3 Å². The summed E-state index contributed by atoms with van der Waals surface area (Å²) in [6.45, 7) is 6.39. The van der Waals surface area contributed by atoms with Gasteiger partial charge in [0.25, 0.3) is 0 Å². The summed E-state index contributed by atoms with van der Waals surface area (Å²) >= 11 is 0. The summed E-state index contributed by atoms with van der Waals surface area (Å²) in [4.78, 5) is 0. The summed E-state index contributed by atoms with van der Waals surface area (Å²) in [6, 6.07) is 0. The first-order valence-corrected chi connectivity index (χ1v) is 5.00. The predicted octanol–water partition coefficient (Wildman–Crippen LogP) is 1.84. The second-order valence-corrected chi connectivity index (χ2v) is 3.46. The van der Waals surface area contributed by atoms with Crippen LogP contribution in [0.4, 0.5) is 0 Å². The Kier molecular flexibility index (Phi) is 7.33. The van der Waals surface area contributed by atoms with E-state index in [0.717, 1.165) is 19.3 Å². The lowest BCUT2D eigenvalue weighted by atomic mass is 9.99. The molecule has 0 radical (unpaired) electrons. The van der Waals surface area contributed by atoms with Crippen LogP contribution in [0.15, 0.2) is 0 Å². The molecule has 3 nitrogen and oxygen atoms in total. The van der Waals surface area contributed by atoms with Crippen LogP contribution in [-0.4, -0.2) is 25.6 Å². The molecule has 0 bridgehead atoms. The number of rotatable bonds is 7. The van der Waals surface area contributed by atoms with Gasteiger partial charge in [-0.1, -0.05) is 27.2 Å². The fourth-order valence-corrected chi connectivity index (χ4v) is 1.15. The molecule has 2 atom stereocenters. The monoisotopic (exact) mass is 188 g/mol. The average molecular weight is 188 g/mol. The van der Waals surface area contributed by atoms with Crippen LogP contribution in [-0.2, 0) is 9.31 Å². The van der Waals surface area contributed by atoms with E-state index in [9.17, 15) is 0 Å². The first kappa shape index (κ1) is 12.9. The molecular weight excluding hydrogens is 167 g/mol. The van der Waals surface area contributed by atoms with Crippen molar-refractivity contribution in [2.24, 2.45) is 5.92 Å². The van der Waals surface area contributed by atoms with Crippen molar-refractivity contribution in [1.82, 2.24) is 0 Å². The summed E-state index contributed by atoms with van der Waals surface area (Å²) in [5, 5.41) is 9.10. The highest BCUT2D eigenvalue weighted by Gasteiger charge is 2.20. The Balaban J connectivity index is 3.74. The summed E-state index contributed by atoms with van der Waals surface area (Å²) in [5.41, 5.74) is 0. The highest BCUT2D eigenvalue weighted by molar-refractivity contribution is 6.34. The Hall–Kier alpha value is -0.0551. The molecule has 78 valence electrons. The number of hydrogen-bond acceptors (Lipinski definition) is 3. The molecule has 0 rings (SSSR count). The maximum Gasteiger partial charge on any atom is 0.636 e. The van der Waals surface area contributed by atoms with Crippen LogP contribution in [0.1, 0.15) is 40.0 Å². The van der Waals surface area contributed by atoms with Gasteiger partial charge in [0, 0.05) is 13.2 Å². The van der Waals surface area contributed by atoms with Crippen molar-refractivity contribution in [3.8, 4) is 0 Å². The summed E-state index contributed by atoms with van der Waals surface area (Å²) in [6.07, 6.45) is 3.13. The van der Waals surface area contributed by atoms with Gasteiger partial charge >= 0.3 is 7.32 Å². The minimum atomic E-state index is -1.07. The maximum absolute atomic E-state index is 9.10. The molecule has 2 unspecified atom stereocenters. The van der Waals surface area contributed by atoms with Crippen molar-refractivity contribution < 1.29 is 14.3 Å². The Morgan fingerprint density at radius 1 is 1.31 bits per heavy atom. The van der Waals surface area contributed by atoms with E-state index in [0.29, 0.717) is 5.92 Å². The lowest BCUT2D eigenvalue weighted by Crippen LogP contribution is -2.28. The minimum Gasteiger partial charge on any atom is -0.402 e. The van der Waals surface area contributed by atoms with Crippen molar-refractivity contribution >= 4 is 7.32 Å². The Labute approximate surface area is 81.6 Å². The van der Waals surface area contributed by atoms with Crippen LogP contribution in [0.25, 0.3) is 0 Å². The van der Waals surface area contributed by atoms with Crippen LogP contribution in [0.3, 0.4) is 0 Å². The van der Waals surface area contributed by atoms with Crippen molar-refractivity contribution in [3.63, 3.8) is 0 Å². The van der Waals surface area contributed by atoms with E-state index in [1.807, 2.05) is 0 Å². The van der Waals surface area contributed by atoms with Gasteiger partial charge in [-0.05, 0) is 18.8 Å². The molecule has 0 aromatic rings. The molecule has 0 heterocycles. The lowest BCUT2D eigenvalue weighted by Gasteiger charge is -2.20. The smallest absolute Gasteiger partial charge is 0.402 e. The maximum atomic E-state index is 9.10. The second kappa shape index (κ2) is 7.36. The van der Waals surface area contributed by atoms with Crippen LogP contribution < -0.4 is 0 Å². The predicted molar refractivity (Wildman–Crippen MR) is 54.2 cm³/mol. The van der Waals surface area contributed by atoms with E-state index in [2.05, 4.69) is 25.4 Å². The first-order chi connectivity index (χ1) is 6.13. The van der Waals surface area contributed by atoms with Gasteiger partial charge in [0.05, 0.1) is 0 Å². The second-order valence-electron chi connectivity index (χ2n) is 3.46. The molecule has 0 saturated carbocycles. The fourth-order valence-electron chi connectivity index (χ4n) is 1.15. The molecule has 4 heteroatoms. The van der Waals surface area contributed by atoms with Gasteiger partial charge in [-0.2, -0.15) is 0 Å². The van der Waals surface area contributed by atoms with E-state index >= 15 is 0 Å². The molecule has 0 aliphatic heterocycles. The van der Waals surface area contributed by atoms with Gasteiger partial charge in [-0.25, -0.2) is 0 Å². The Morgan fingerprint density at radius 2 is 1.92 bits per heavy atom. The standard InChI is InChI=1S/C9H21BO3/c1-5-8(3)7-9(6-2)13-10(11)12-4/h8-9,11H,5-7H2,1-4H3. The topological polar surface area (TPSA) is 38.7 Å². The zero-order valence-electron chi connectivity index (χ0n) is 9.12. The highest BCUT2D eigenvalue weighted by atomic mass is 16.7. The summed E-state index contributed by atoms with van der Waals surface area (Å²) < 4.78 is 9.89. The SMILES string of the molecule is CCC(C)CC(CC)OB(O)OC. The molecule has 0 spiro atoms. The molecular formula is C9H21BO3. The molecule has 0 amide bonds. The van der Waals surface area contributed by atoms with Gasteiger partial charge in [0.1, 0.15) is 0 Å². The van der Waals surface area contributed by atoms with Gasteiger partial charge in [0.2, 0.25) is 0 Å². The third-order valence-corrected chi connectivity index (χ3v) is 2.33. The zero-order chi connectivity index (χ0) is 10.3. The largest absolute Gasteiger partial charge is 0.636 e. The third-order valence-electron chi connectivity index (χ3n) is 2.33. The van der Waals surface area contributed by atoms with Crippen LogP contribution in [0.2, 0.25) is 0 Å². The quantitative estimate of drug-likeness (QED) is 0.619. The third kappa shape index (κ3) is 6.08. The average Bonchev–Trinajstić information content (AvgIpc) is 2.16. The van der Waals surface area contributed by atoms with Gasteiger partial charge in [-0.15, -0.1) is 0 Å². The highest BCUT2D eigenvalue weighted by Crippen LogP contribution is 2.15. The molecule has 0 aromatic carbocycles. The minimum absolute atomic E-state index is 0.102. The molecule has 0 saturated heterocycles. The first-order valence-electron chi connectivity index (χ1n) is 5.00. The van der Waals surface area contributed by atoms with Gasteiger partial charge in [-0.3, -0.25) is 0 Å². The summed E-state index contributed by atoms with van der Waals surface area (Å²) in [7, 11) is 0.356. The molecule has 0 aromatic heterocycles. The van der Waals surface area contributed by atoms with E-state index in [1.165, 1.54) is 7.11 Å². The molecule has 1 N–H and O–H groups in total. The normalized spacial score (nSPS) is 15.5. The van der Waals surface area contributed by atoms with Crippen molar-refractivity contribution in [2.75, 3.05) is 7.11 Å². The van der Waals surface area contributed by atoms with Crippen molar-refractivity contribution in [1.29, 1.82) is 0 Å². The van der Waals surface area contributed by atoms with E-state index in [1.54, 1.807) is 0 Å². The van der Waals surface area contributed by atoms with E-state index in [-0.39, 0.29) is 6.10 Å². The molecule has 0 fully saturated rings. The van der Waals surface area contributed by atoms with Gasteiger partial charge in [0.15, 0.2) is 0 Å². The Bertz CT molecular complexity index is 109. The van der Waals surface area contributed by atoms with Crippen LogP contribution >= 0.6 is 0 Å². The van der Waals surface area contributed by atoms with Crippen molar-refractivity contribution in [2.45, 2.75) is 46.1 Å². The van der Waals surface area contributed by atoms with Crippen molar-refractivity contribution in [3.05, 3.63) is 0 Å². The van der Waals surface area contributed by atoms with E-state index < -0.39 is 7.32 Å². The van der Waals surface area contributed by atoms with E-state index in [4.69, 9.17) is 9.68 Å². The molecule has 13 heavy (non-hydrogen) atoms. The molecule has 0 aliphatic carbocycles. The zero-order valence-corrected chi connectivity index (χ0v) is 9.12. The fraction of sp³-hybridized carbons (Fsp3) is 1.00. The lowest BCUT2D eigenvalue weighted by molar-refractivity contribution is 0.0838. The molecule has 0 aliphatic rings. The number of hydrogen-bond donors (Lipinski definition) is 1.